The second-order valence-electron chi connectivity index (χ2n) is 11.7. The number of halogens is 4. The Hall–Kier alpha value is -2.98. The molecule has 2 aliphatic heterocycles. The van der Waals surface area contributed by atoms with Crippen LogP contribution < -0.4 is 15.4 Å². The number of amides is 2. The second kappa shape index (κ2) is 12.5. The monoisotopic (exact) mass is 575 g/mol. The normalized spacial score (nSPS) is 21.6. The largest absolute Gasteiger partial charge is 0.493 e. The van der Waals surface area contributed by atoms with Crippen LogP contribution in [0.15, 0.2) is 42.5 Å². The number of imide groups is 1. The van der Waals surface area contributed by atoms with E-state index >= 15 is 0 Å². The standard InChI is InChI=1S/C31H37F4N3O3/c32-26-7-2-1-6-24(26)23-10-9-22(18-25(23)28(39)37-29(40)27-8-3-4-15-36-27)41-19-21-11-16-38(17-12-21)20-30(13-5-14-30)31(33,34)35/h1-2,6-7,9-10,18,21,27,36H,3-5,8,11-17,19-20H2,(H,37,39,40)/t27-/m0/s1. The molecule has 222 valence electrons. The molecule has 2 saturated heterocycles. The SMILES string of the molecule is O=C(NC(=O)[C@@H]1CCCCN1)c1cc(OCC2CCN(CC3(C(F)(F)F)CCC3)CC2)ccc1-c1ccccc1F. The molecule has 0 unspecified atom stereocenters. The van der Waals surface area contributed by atoms with Gasteiger partial charge in [-0.1, -0.05) is 31.0 Å². The van der Waals surface area contributed by atoms with Gasteiger partial charge in [-0.15, -0.1) is 0 Å². The van der Waals surface area contributed by atoms with Crippen LogP contribution in [0, 0.1) is 17.2 Å². The average Bonchev–Trinajstić information content (AvgIpc) is 2.94. The Kier molecular flexibility index (Phi) is 8.99. The van der Waals surface area contributed by atoms with Crippen LogP contribution in [0.1, 0.15) is 61.7 Å². The van der Waals surface area contributed by atoms with Crippen LogP contribution in [0.25, 0.3) is 11.1 Å². The molecule has 2 amide bonds. The number of hydrogen-bond acceptors (Lipinski definition) is 5. The summed E-state index contributed by atoms with van der Waals surface area (Å²) in [7, 11) is 0. The maximum atomic E-state index is 14.7. The summed E-state index contributed by atoms with van der Waals surface area (Å²) >= 11 is 0. The first kappa shape index (κ1) is 29.5. The van der Waals surface area contributed by atoms with Gasteiger partial charge >= 0.3 is 6.18 Å². The quantitative estimate of drug-likeness (QED) is 0.312. The van der Waals surface area contributed by atoms with E-state index in [1.807, 2.05) is 4.90 Å². The van der Waals surface area contributed by atoms with Crippen molar-refractivity contribution in [1.29, 1.82) is 0 Å². The first-order valence-electron chi connectivity index (χ1n) is 14.5. The zero-order chi connectivity index (χ0) is 29.0. The molecule has 3 fully saturated rings. The van der Waals surface area contributed by atoms with Crippen LogP contribution in [0.5, 0.6) is 5.75 Å². The molecular formula is C31H37F4N3O3. The minimum Gasteiger partial charge on any atom is -0.493 e. The fourth-order valence-electron chi connectivity index (χ4n) is 6.15. The predicted octanol–water partition coefficient (Wildman–Crippen LogP) is 5.71. The lowest BCUT2D eigenvalue weighted by Crippen LogP contribution is -2.53. The molecule has 2 aromatic rings. The molecule has 2 N–H and O–H groups in total. The van der Waals surface area contributed by atoms with Gasteiger partial charge in [-0.05, 0) is 93.9 Å². The number of likely N-dealkylation sites (tertiary alicyclic amines) is 1. The van der Waals surface area contributed by atoms with Gasteiger partial charge in [0.15, 0.2) is 0 Å². The number of rotatable bonds is 8. The summed E-state index contributed by atoms with van der Waals surface area (Å²) in [6, 6.07) is 10.5. The topological polar surface area (TPSA) is 70.7 Å². The fourth-order valence-corrected chi connectivity index (χ4v) is 6.15. The van der Waals surface area contributed by atoms with Crippen molar-refractivity contribution >= 4 is 11.8 Å². The van der Waals surface area contributed by atoms with Gasteiger partial charge in [-0.3, -0.25) is 14.9 Å². The fraction of sp³-hybridized carbons (Fsp3) is 0.548. The lowest BCUT2D eigenvalue weighted by atomic mass is 9.67. The van der Waals surface area contributed by atoms with Crippen molar-refractivity contribution in [3.63, 3.8) is 0 Å². The highest BCUT2D eigenvalue weighted by molar-refractivity contribution is 6.09. The lowest BCUT2D eigenvalue weighted by Gasteiger charge is -2.47. The Morgan fingerprint density at radius 3 is 2.39 bits per heavy atom. The molecule has 5 rings (SSSR count). The van der Waals surface area contributed by atoms with Crippen molar-refractivity contribution in [2.45, 2.75) is 63.6 Å². The molecule has 0 bridgehead atoms. The minimum absolute atomic E-state index is 0.0646. The lowest BCUT2D eigenvalue weighted by molar-refractivity contribution is -0.256. The smallest absolute Gasteiger partial charge is 0.395 e. The van der Waals surface area contributed by atoms with E-state index in [9.17, 15) is 27.2 Å². The maximum absolute atomic E-state index is 14.7. The van der Waals surface area contributed by atoms with Crippen LogP contribution in [-0.4, -0.2) is 61.7 Å². The zero-order valence-corrected chi connectivity index (χ0v) is 23.1. The molecule has 3 aliphatic rings. The molecule has 1 aliphatic carbocycles. The van der Waals surface area contributed by atoms with Crippen molar-refractivity contribution in [3.8, 4) is 16.9 Å². The number of hydrogen-bond donors (Lipinski definition) is 2. The Morgan fingerprint density at radius 2 is 1.76 bits per heavy atom. The van der Waals surface area contributed by atoms with Crippen molar-refractivity contribution in [1.82, 2.24) is 15.5 Å². The van der Waals surface area contributed by atoms with Crippen LogP contribution in [0.3, 0.4) is 0 Å². The summed E-state index contributed by atoms with van der Waals surface area (Å²) in [6.45, 7) is 2.29. The minimum atomic E-state index is -4.17. The van der Waals surface area contributed by atoms with E-state index in [0.29, 0.717) is 50.4 Å². The van der Waals surface area contributed by atoms with Crippen LogP contribution in [-0.2, 0) is 4.79 Å². The van der Waals surface area contributed by atoms with E-state index in [1.54, 1.807) is 30.3 Å². The van der Waals surface area contributed by atoms with Gasteiger partial charge in [0, 0.05) is 12.1 Å². The third kappa shape index (κ3) is 6.75. The maximum Gasteiger partial charge on any atom is 0.395 e. The molecular weight excluding hydrogens is 538 g/mol. The van der Waals surface area contributed by atoms with Gasteiger partial charge in [0.05, 0.1) is 23.6 Å². The highest BCUT2D eigenvalue weighted by Crippen LogP contribution is 2.53. The number of nitrogens with one attached hydrogen (secondary N) is 2. The number of nitrogens with zero attached hydrogens (tertiary/aromatic N) is 1. The highest BCUT2D eigenvalue weighted by Gasteiger charge is 2.58. The molecule has 10 heteroatoms. The van der Waals surface area contributed by atoms with Crippen molar-refractivity contribution < 1.29 is 31.9 Å². The van der Waals surface area contributed by atoms with Gasteiger partial charge in [-0.25, -0.2) is 4.39 Å². The first-order chi connectivity index (χ1) is 19.6. The Bertz CT molecular complexity index is 1230. The molecule has 0 radical (unpaired) electrons. The van der Waals surface area contributed by atoms with Gasteiger partial charge in [-0.2, -0.15) is 13.2 Å². The number of carbonyl (C=O) groups excluding carboxylic acids is 2. The van der Waals surface area contributed by atoms with E-state index in [1.165, 1.54) is 12.1 Å². The molecule has 2 aromatic carbocycles. The molecule has 1 saturated carbocycles. The predicted molar refractivity (Wildman–Crippen MR) is 147 cm³/mol. The number of carbonyl (C=O) groups is 2. The number of ether oxygens (including phenoxy) is 1. The van der Waals surface area contributed by atoms with Crippen molar-refractivity contribution in [2.75, 3.05) is 32.8 Å². The van der Waals surface area contributed by atoms with E-state index in [4.69, 9.17) is 4.74 Å². The van der Waals surface area contributed by atoms with Crippen molar-refractivity contribution in [3.05, 3.63) is 53.8 Å². The highest BCUT2D eigenvalue weighted by atomic mass is 19.4. The molecule has 0 aromatic heterocycles. The zero-order valence-electron chi connectivity index (χ0n) is 23.1. The summed E-state index contributed by atoms with van der Waals surface area (Å²) < 4.78 is 61.5. The average molecular weight is 576 g/mol. The summed E-state index contributed by atoms with van der Waals surface area (Å²) in [5, 5.41) is 5.59. The molecule has 0 spiro atoms. The van der Waals surface area contributed by atoms with Gasteiger partial charge in [0.1, 0.15) is 11.6 Å². The van der Waals surface area contributed by atoms with Crippen LogP contribution in [0.4, 0.5) is 17.6 Å². The third-order valence-corrected chi connectivity index (χ3v) is 8.89. The number of benzene rings is 2. The Labute approximate surface area is 237 Å². The van der Waals surface area contributed by atoms with E-state index < -0.39 is 35.3 Å². The molecule has 2 heterocycles. The Balaban J connectivity index is 1.23. The molecule has 6 nitrogen and oxygen atoms in total. The summed E-state index contributed by atoms with van der Waals surface area (Å²) in [5.41, 5.74) is -0.838. The van der Waals surface area contributed by atoms with Gasteiger partial charge < -0.3 is 15.0 Å². The van der Waals surface area contributed by atoms with Crippen LogP contribution in [0.2, 0.25) is 0 Å². The van der Waals surface area contributed by atoms with Crippen molar-refractivity contribution in [2.24, 2.45) is 11.3 Å². The first-order valence-corrected chi connectivity index (χ1v) is 14.5. The Morgan fingerprint density at radius 1 is 1.00 bits per heavy atom. The summed E-state index contributed by atoms with van der Waals surface area (Å²) in [4.78, 5) is 28.0. The van der Waals surface area contributed by atoms with E-state index in [-0.39, 0.29) is 36.4 Å². The second-order valence-corrected chi connectivity index (χ2v) is 11.7. The summed E-state index contributed by atoms with van der Waals surface area (Å²) in [5.74, 6) is -0.963. The van der Waals surface area contributed by atoms with E-state index in [0.717, 1.165) is 25.7 Å². The van der Waals surface area contributed by atoms with Crippen LogP contribution >= 0.6 is 0 Å². The summed E-state index contributed by atoms with van der Waals surface area (Å²) in [6.07, 6.45) is 0.829. The van der Waals surface area contributed by atoms with Gasteiger partial charge in [0.2, 0.25) is 5.91 Å². The number of piperidine rings is 2. The molecule has 41 heavy (non-hydrogen) atoms. The third-order valence-electron chi connectivity index (χ3n) is 8.89. The number of alkyl halides is 3. The molecule has 1 atom stereocenters. The van der Waals surface area contributed by atoms with E-state index in [2.05, 4.69) is 10.6 Å². The van der Waals surface area contributed by atoms with Gasteiger partial charge in [0.25, 0.3) is 5.91 Å².